The maximum Gasteiger partial charge on any atom is 0.305 e. The topological polar surface area (TPSA) is 75.4 Å². The van der Waals surface area contributed by atoms with Crippen LogP contribution in [0.1, 0.15) is 35.4 Å². The van der Waals surface area contributed by atoms with Crippen molar-refractivity contribution in [2.45, 2.75) is 32.2 Å². The Morgan fingerprint density at radius 1 is 1.38 bits per heavy atom. The van der Waals surface area contributed by atoms with Gasteiger partial charge in [-0.15, -0.1) is 0 Å². The second-order valence-corrected chi connectivity index (χ2v) is 6.39. The van der Waals surface area contributed by atoms with Crippen LogP contribution in [0.4, 0.5) is 0 Å². The predicted octanol–water partition coefficient (Wildman–Crippen LogP) is 2.91. The summed E-state index contributed by atoms with van der Waals surface area (Å²) in [4.78, 5) is 25.3. The minimum atomic E-state index is -0.889. The number of nitrogens with zero attached hydrogens (tertiary/aromatic N) is 3. The third kappa shape index (κ3) is 3.28. The van der Waals surface area contributed by atoms with Crippen LogP contribution in [0.25, 0.3) is 5.69 Å². The molecule has 1 aromatic carbocycles. The van der Waals surface area contributed by atoms with Gasteiger partial charge < -0.3 is 10.0 Å². The van der Waals surface area contributed by atoms with Crippen molar-refractivity contribution < 1.29 is 14.7 Å². The normalized spacial score (nSPS) is 17.2. The molecular formula is C17H18ClN3O3. The maximum absolute atomic E-state index is 12.7. The number of hydrogen-bond acceptors (Lipinski definition) is 3. The molecule has 0 saturated carbocycles. The summed E-state index contributed by atoms with van der Waals surface area (Å²) in [5.41, 5.74) is 1.92. The van der Waals surface area contributed by atoms with Gasteiger partial charge in [0.25, 0.3) is 5.91 Å². The fourth-order valence-electron chi connectivity index (χ4n) is 3.11. The standard InChI is InChI=1S/C17H18ClN3O3/c1-11-8-15(19-21(11)14-5-2-4-12(18)9-14)17(24)20-7-3-6-13(20)10-16(22)23/h2,4-5,8-9,13H,3,6-7,10H2,1H3,(H,22,23). The zero-order chi connectivity index (χ0) is 17.3. The molecule has 6 nitrogen and oxygen atoms in total. The minimum Gasteiger partial charge on any atom is -0.481 e. The van der Waals surface area contributed by atoms with Gasteiger partial charge in [-0.25, -0.2) is 4.68 Å². The molecule has 2 aromatic rings. The highest BCUT2D eigenvalue weighted by atomic mass is 35.5. The van der Waals surface area contributed by atoms with Crippen LogP contribution < -0.4 is 0 Å². The molecule has 1 atom stereocenters. The lowest BCUT2D eigenvalue weighted by Crippen LogP contribution is -2.37. The van der Waals surface area contributed by atoms with Gasteiger partial charge in [-0.05, 0) is 44.0 Å². The van der Waals surface area contributed by atoms with Crippen molar-refractivity contribution in [2.75, 3.05) is 6.54 Å². The first-order chi connectivity index (χ1) is 11.5. The Bertz CT molecular complexity index is 787. The molecule has 0 bridgehead atoms. The van der Waals surface area contributed by atoms with Crippen LogP contribution in [-0.2, 0) is 4.79 Å². The highest BCUT2D eigenvalue weighted by Gasteiger charge is 2.32. The van der Waals surface area contributed by atoms with E-state index < -0.39 is 5.97 Å². The molecule has 1 N–H and O–H groups in total. The molecule has 0 spiro atoms. The van der Waals surface area contributed by atoms with E-state index in [4.69, 9.17) is 16.7 Å². The molecule has 1 aliphatic heterocycles. The average molecular weight is 348 g/mol. The number of carboxylic acid groups (broad SMARTS) is 1. The molecule has 24 heavy (non-hydrogen) atoms. The van der Waals surface area contributed by atoms with Crippen LogP contribution in [0, 0.1) is 6.92 Å². The van der Waals surface area contributed by atoms with Gasteiger partial charge in [-0.3, -0.25) is 9.59 Å². The van der Waals surface area contributed by atoms with E-state index in [1.165, 1.54) is 0 Å². The molecule has 1 amide bonds. The van der Waals surface area contributed by atoms with Gasteiger partial charge in [0, 0.05) is 23.3 Å². The first kappa shape index (κ1) is 16.5. The molecule has 1 unspecified atom stereocenters. The fourth-order valence-corrected chi connectivity index (χ4v) is 3.30. The Morgan fingerprint density at radius 2 is 2.17 bits per heavy atom. The summed E-state index contributed by atoms with van der Waals surface area (Å²) >= 11 is 6.02. The first-order valence-electron chi connectivity index (χ1n) is 7.81. The number of amides is 1. The number of carbonyl (C=O) groups is 2. The monoisotopic (exact) mass is 347 g/mol. The molecule has 1 aliphatic rings. The first-order valence-corrected chi connectivity index (χ1v) is 8.19. The molecule has 1 fully saturated rings. The van der Waals surface area contributed by atoms with Crippen molar-refractivity contribution >= 4 is 23.5 Å². The number of carbonyl (C=O) groups excluding carboxylic acids is 1. The summed E-state index contributed by atoms with van der Waals surface area (Å²) in [5, 5.41) is 14.0. The van der Waals surface area contributed by atoms with Crippen molar-refractivity contribution in [3.8, 4) is 5.69 Å². The Labute approximate surface area is 144 Å². The lowest BCUT2D eigenvalue weighted by Gasteiger charge is -2.22. The van der Waals surface area contributed by atoms with Crippen LogP contribution in [0.2, 0.25) is 5.02 Å². The number of rotatable bonds is 4. The maximum atomic E-state index is 12.7. The van der Waals surface area contributed by atoms with Crippen LogP contribution in [0.3, 0.4) is 0 Å². The molecule has 7 heteroatoms. The van der Waals surface area contributed by atoms with Gasteiger partial charge in [-0.1, -0.05) is 17.7 Å². The lowest BCUT2D eigenvalue weighted by molar-refractivity contribution is -0.137. The van der Waals surface area contributed by atoms with Crippen LogP contribution >= 0.6 is 11.6 Å². The van der Waals surface area contributed by atoms with Crippen molar-refractivity contribution in [1.29, 1.82) is 0 Å². The largest absolute Gasteiger partial charge is 0.481 e. The summed E-state index contributed by atoms with van der Waals surface area (Å²) in [5.74, 6) is -1.11. The molecule has 3 rings (SSSR count). The number of halogens is 1. The van der Waals surface area contributed by atoms with Crippen molar-refractivity contribution in [3.05, 3.63) is 46.7 Å². The number of likely N-dealkylation sites (tertiary alicyclic amines) is 1. The lowest BCUT2D eigenvalue weighted by atomic mass is 10.1. The number of aryl methyl sites for hydroxylation is 1. The van der Waals surface area contributed by atoms with E-state index in [2.05, 4.69) is 5.10 Å². The predicted molar refractivity (Wildman–Crippen MR) is 89.6 cm³/mol. The smallest absolute Gasteiger partial charge is 0.305 e. The Kier molecular flexibility index (Phi) is 4.57. The second kappa shape index (κ2) is 6.65. The van der Waals surface area contributed by atoms with Gasteiger partial charge in [0.15, 0.2) is 5.69 Å². The molecule has 0 aliphatic carbocycles. The van der Waals surface area contributed by atoms with E-state index in [1.54, 1.807) is 27.8 Å². The van der Waals surface area contributed by atoms with Crippen molar-refractivity contribution in [1.82, 2.24) is 14.7 Å². The van der Waals surface area contributed by atoms with E-state index in [9.17, 15) is 9.59 Å². The summed E-state index contributed by atoms with van der Waals surface area (Å²) in [6.07, 6.45) is 1.50. The number of hydrogen-bond donors (Lipinski definition) is 1. The van der Waals surface area contributed by atoms with Gasteiger partial charge in [0.05, 0.1) is 12.1 Å². The van der Waals surface area contributed by atoms with E-state index in [0.29, 0.717) is 23.7 Å². The highest BCUT2D eigenvalue weighted by molar-refractivity contribution is 6.30. The number of carboxylic acids is 1. The van der Waals surface area contributed by atoms with Gasteiger partial charge in [0.1, 0.15) is 0 Å². The minimum absolute atomic E-state index is 0.0281. The summed E-state index contributed by atoms with van der Waals surface area (Å²) in [6, 6.07) is 8.70. The second-order valence-electron chi connectivity index (χ2n) is 5.96. The molecule has 126 valence electrons. The summed E-state index contributed by atoms with van der Waals surface area (Å²) in [7, 11) is 0. The summed E-state index contributed by atoms with van der Waals surface area (Å²) in [6.45, 7) is 2.43. The van der Waals surface area contributed by atoms with E-state index >= 15 is 0 Å². The molecule has 1 saturated heterocycles. The van der Waals surface area contributed by atoms with Crippen LogP contribution in [0.5, 0.6) is 0 Å². The average Bonchev–Trinajstić information content (AvgIpc) is 3.12. The zero-order valence-corrected chi connectivity index (χ0v) is 14.0. The third-order valence-electron chi connectivity index (χ3n) is 4.21. The SMILES string of the molecule is Cc1cc(C(=O)N2CCCC2CC(=O)O)nn1-c1cccc(Cl)c1. The number of benzene rings is 1. The fraction of sp³-hybridized carbons (Fsp3) is 0.353. The number of aromatic nitrogens is 2. The van der Waals surface area contributed by atoms with Gasteiger partial charge in [-0.2, -0.15) is 5.10 Å². The van der Waals surface area contributed by atoms with Gasteiger partial charge >= 0.3 is 5.97 Å². The summed E-state index contributed by atoms with van der Waals surface area (Å²) < 4.78 is 1.67. The molecular weight excluding hydrogens is 330 g/mol. The van der Waals surface area contributed by atoms with Gasteiger partial charge in [0.2, 0.25) is 0 Å². The van der Waals surface area contributed by atoms with E-state index in [1.807, 2.05) is 19.1 Å². The molecule has 0 radical (unpaired) electrons. The Hall–Kier alpha value is -2.34. The van der Waals surface area contributed by atoms with E-state index in [0.717, 1.165) is 17.8 Å². The van der Waals surface area contributed by atoms with Crippen LogP contribution in [-0.4, -0.2) is 44.3 Å². The molecule has 2 heterocycles. The number of aliphatic carboxylic acids is 1. The Morgan fingerprint density at radius 3 is 2.88 bits per heavy atom. The highest BCUT2D eigenvalue weighted by Crippen LogP contribution is 2.23. The van der Waals surface area contributed by atoms with E-state index in [-0.39, 0.29) is 18.4 Å². The Balaban J connectivity index is 1.86. The van der Waals surface area contributed by atoms with Crippen LogP contribution in [0.15, 0.2) is 30.3 Å². The quantitative estimate of drug-likeness (QED) is 0.922. The molecule has 1 aromatic heterocycles. The third-order valence-corrected chi connectivity index (χ3v) is 4.44. The van der Waals surface area contributed by atoms with Crippen molar-refractivity contribution in [2.24, 2.45) is 0 Å². The zero-order valence-electron chi connectivity index (χ0n) is 13.3. The van der Waals surface area contributed by atoms with Crippen molar-refractivity contribution in [3.63, 3.8) is 0 Å².